The Labute approximate surface area is 111 Å². The van der Waals surface area contributed by atoms with Crippen LogP contribution in [-0.2, 0) is 0 Å². The summed E-state index contributed by atoms with van der Waals surface area (Å²) in [5.74, 6) is 1.75. The zero-order valence-corrected chi connectivity index (χ0v) is 11.5. The van der Waals surface area contributed by atoms with Crippen LogP contribution in [0.1, 0.15) is 20.3 Å². The van der Waals surface area contributed by atoms with Gasteiger partial charge in [-0.15, -0.1) is 0 Å². The molecule has 96 valence electrons. The van der Waals surface area contributed by atoms with E-state index < -0.39 is 0 Å². The first-order valence-corrected chi connectivity index (χ1v) is 6.87. The van der Waals surface area contributed by atoms with E-state index in [1.807, 2.05) is 31.2 Å². The third-order valence-electron chi connectivity index (χ3n) is 2.47. The van der Waals surface area contributed by atoms with Crippen LogP contribution in [0.5, 0.6) is 5.75 Å². The highest BCUT2D eigenvalue weighted by molar-refractivity contribution is 6.99. The fourth-order valence-electron chi connectivity index (χ4n) is 1.61. The fraction of sp³-hybridized carbons (Fsp3) is 0.385. The van der Waals surface area contributed by atoms with Crippen molar-refractivity contribution in [3.05, 3.63) is 24.3 Å². The lowest BCUT2D eigenvalue weighted by atomic mass is 10.1. The quantitative estimate of drug-likeness (QED) is 0.867. The van der Waals surface area contributed by atoms with E-state index in [-0.39, 0.29) is 0 Å². The summed E-state index contributed by atoms with van der Waals surface area (Å²) in [4.78, 5) is 0. The van der Waals surface area contributed by atoms with E-state index in [2.05, 4.69) is 21.0 Å². The predicted octanol–water partition coefficient (Wildman–Crippen LogP) is 3.43. The molecule has 0 bridgehead atoms. The second kappa shape index (κ2) is 6.35. The van der Waals surface area contributed by atoms with Crippen LogP contribution in [-0.4, -0.2) is 21.9 Å². The number of hydrogen-bond donors (Lipinski definition) is 1. The van der Waals surface area contributed by atoms with Gasteiger partial charge in [0.25, 0.3) is 0 Å². The lowest BCUT2D eigenvalue weighted by Gasteiger charge is -2.05. The van der Waals surface area contributed by atoms with E-state index in [9.17, 15) is 0 Å². The van der Waals surface area contributed by atoms with Crippen LogP contribution in [0.2, 0.25) is 0 Å². The Hall–Kier alpha value is -1.62. The summed E-state index contributed by atoms with van der Waals surface area (Å²) in [7, 11) is 0. The molecule has 0 radical (unpaired) electrons. The first-order chi connectivity index (χ1) is 8.85. The number of nitrogens with zero attached hydrogens (tertiary/aromatic N) is 2. The van der Waals surface area contributed by atoms with Gasteiger partial charge in [0.05, 0.1) is 18.3 Å². The van der Waals surface area contributed by atoms with Gasteiger partial charge in [0, 0.05) is 12.1 Å². The third-order valence-corrected chi connectivity index (χ3v) is 3.00. The van der Waals surface area contributed by atoms with Crippen LogP contribution >= 0.6 is 11.7 Å². The minimum atomic E-state index is 0.681. The third kappa shape index (κ3) is 2.98. The highest BCUT2D eigenvalue weighted by Gasteiger charge is 2.09. The number of aromatic nitrogens is 2. The molecule has 4 nitrogen and oxygen atoms in total. The summed E-state index contributed by atoms with van der Waals surface area (Å²) < 4.78 is 14.0. The molecule has 0 amide bonds. The molecule has 0 saturated carbocycles. The van der Waals surface area contributed by atoms with E-state index in [0.29, 0.717) is 6.61 Å². The molecule has 0 aliphatic heterocycles. The van der Waals surface area contributed by atoms with Gasteiger partial charge < -0.3 is 10.1 Å². The molecule has 1 aromatic heterocycles. The minimum absolute atomic E-state index is 0.681. The van der Waals surface area contributed by atoms with Crippen LogP contribution in [0, 0.1) is 0 Å². The monoisotopic (exact) mass is 263 g/mol. The van der Waals surface area contributed by atoms with Crippen LogP contribution < -0.4 is 10.1 Å². The molecule has 18 heavy (non-hydrogen) atoms. The molecule has 1 aromatic carbocycles. The Morgan fingerprint density at radius 1 is 1.17 bits per heavy atom. The Bertz CT molecular complexity index is 481. The molecule has 2 rings (SSSR count). The van der Waals surface area contributed by atoms with Crippen molar-refractivity contribution in [3.63, 3.8) is 0 Å². The van der Waals surface area contributed by atoms with Crippen LogP contribution in [0.4, 0.5) is 5.82 Å². The second-order valence-corrected chi connectivity index (χ2v) is 4.37. The van der Waals surface area contributed by atoms with Crippen molar-refractivity contribution >= 4 is 17.5 Å². The number of ether oxygens (including phenoxy) is 1. The maximum absolute atomic E-state index is 5.42. The smallest absolute Gasteiger partial charge is 0.168 e. The van der Waals surface area contributed by atoms with Crippen LogP contribution in [0.25, 0.3) is 11.3 Å². The molecule has 1 N–H and O–H groups in total. The maximum Gasteiger partial charge on any atom is 0.168 e. The summed E-state index contributed by atoms with van der Waals surface area (Å²) in [6, 6.07) is 7.95. The second-order valence-electron chi connectivity index (χ2n) is 3.85. The average Bonchev–Trinajstić information content (AvgIpc) is 2.86. The standard InChI is InChI=1S/C13H17N3OS/c1-3-9-14-13-12(15-18-16-13)10-5-7-11(8-6-10)17-4-2/h5-8H,3-4,9H2,1-2H3,(H,14,16). The summed E-state index contributed by atoms with van der Waals surface area (Å²) in [6.45, 7) is 5.70. The Kier molecular flexibility index (Phi) is 4.52. The van der Waals surface area contributed by atoms with Crippen molar-refractivity contribution in [3.8, 4) is 17.0 Å². The molecule has 0 atom stereocenters. The zero-order valence-electron chi connectivity index (χ0n) is 10.6. The van der Waals surface area contributed by atoms with Gasteiger partial charge in [0.1, 0.15) is 11.4 Å². The topological polar surface area (TPSA) is 47.0 Å². The van der Waals surface area contributed by atoms with Gasteiger partial charge in [-0.3, -0.25) is 0 Å². The molecule has 0 fully saturated rings. The highest BCUT2D eigenvalue weighted by atomic mass is 32.1. The molecule has 2 aromatic rings. The Morgan fingerprint density at radius 2 is 1.94 bits per heavy atom. The van der Waals surface area contributed by atoms with E-state index in [1.165, 1.54) is 11.7 Å². The molecule has 0 spiro atoms. The number of hydrogen-bond acceptors (Lipinski definition) is 5. The lowest BCUT2D eigenvalue weighted by Crippen LogP contribution is -2.01. The first kappa shape index (κ1) is 12.8. The molecular formula is C13H17N3OS. The molecule has 0 saturated heterocycles. The van der Waals surface area contributed by atoms with Crippen molar-refractivity contribution < 1.29 is 4.74 Å². The zero-order chi connectivity index (χ0) is 12.8. The number of benzene rings is 1. The van der Waals surface area contributed by atoms with Gasteiger partial charge in [0.2, 0.25) is 0 Å². The normalized spacial score (nSPS) is 10.3. The molecular weight excluding hydrogens is 246 g/mol. The van der Waals surface area contributed by atoms with Crippen molar-refractivity contribution in [2.75, 3.05) is 18.5 Å². The summed E-state index contributed by atoms with van der Waals surface area (Å²) in [5.41, 5.74) is 1.97. The van der Waals surface area contributed by atoms with Crippen LogP contribution in [0.3, 0.4) is 0 Å². The summed E-state index contributed by atoms with van der Waals surface area (Å²) in [5, 5.41) is 3.29. The number of rotatable bonds is 6. The minimum Gasteiger partial charge on any atom is -0.494 e. The van der Waals surface area contributed by atoms with E-state index in [4.69, 9.17) is 4.74 Å². The average molecular weight is 263 g/mol. The first-order valence-electron chi connectivity index (χ1n) is 6.14. The Morgan fingerprint density at radius 3 is 2.61 bits per heavy atom. The number of anilines is 1. The van der Waals surface area contributed by atoms with Gasteiger partial charge in [-0.2, -0.15) is 8.75 Å². The SMILES string of the molecule is CCCNc1nsnc1-c1ccc(OCC)cc1. The van der Waals surface area contributed by atoms with Gasteiger partial charge >= 0.3 is 0 Å². The summed E-state index contributed by atoms with van der Waals surface area (Å²) >= 11 is 1.23. The van der Waals surface area contributed by atoms with Gasteiger partial charge in [-0.1, -0.05) is 6.92 Å². The molecule has 0 aliphatic rings. The van der Waals surface area contributed by atoms with Crippen molar-refractivity contribution in [1.82, 2.24) is 8.75 Å². The Balaban J connectivity index is 2.17. The molecule has 0 aliphatic carbocycles. The van der Waals surface area contributed by atoms with Crippen molar-refractivity contribution in [2.45, 2.75) is 20.3 Å². The van der Waals surface area contributed by atoms with Gasteiger partial charge in [0.15, 0.2) is 5.82 Å². The molecule has 1 heterocycles. The fourth-order valence-corrected chi connectivity index (χ4v) is 2.16. The van der Waals surface area contributed by atoms with E-state index >= 15 is 0 Å². The summed E-state index contributed by atoms with van der Waals surface area (Å²) in [6.07, 6.45) is 1.07. The van der Waals surface area contributed by atoms with E-state index in [0.717, 1.165) is 35.8 Å². The molecule has 0 unspecified atom stereocenters. The maximum atomic E-state index is 5.42. The van der Waals surface area contributed by atoms with Crippen molar-refractivity contribution in [1.29, 1.82) is 0 Å². The van der Waals surface area contributed by atoms with E-state index in [1.54, 1.807) is 0 Å². The highest BCUT2D eigenvalue weighted by Crippen LogP contribution is 2.27. The van der Waals surface area contributed by atoms with Crippen LogP contribution in [0.15, 0.2) is 24.3 Å². The lowest BCUT2D eigenvalue weighted by molar-refractivity contribution is 0.340. The largest absolute Gasteiger partial charge is 0.494 e. The van der Waals surface area contributed by atoms with Crippen molar-refractivity contribution in [2.24, 2.45) is 0 Å². The molecule has 5 heteroatoms. The van der Waals surface area contributed by atoms with Gasteiger partial charge in [-0.05, 0) is 37.6 Å². The predicted molar refractivity (Wildman–Crippen MR) is 75.3 cm³/mol. The van der Waals surface area contributed by atoms with Gasteiger partial charge in [-0.25, -0.2) is 0 Å². The number of nitrogens with one attached hydrogen (secondary N) is 1.